The van der Waals surface area contributed by atoms with E-state index in [-0.39, 0.29) is 29.7 Å². The summed E-state index contributed by atoms with van der Waals surface area (Å²) in [6, 6.07) is 2.68. The number of carbonyl (C=O) groups is 1. The van der Waals surface area contributed by atoms with Crippen molar-refractivity contribution in [3.8, 4) is 0 Å². The highest BCUT2D eigenvalue weighted by atomic mass is 16.3. The van der Waals surface area contributed by atoms with Crippen molar-refractivity contribution in [2.45, 2.75) is 25.7 Å². The molecule has 0 bridgehead atoms. The van der Waals surface area contributed by atoms with E-state index in [0.29, 0.717) is 12.5 Å². The van der Waals surface area contributed by atoms with Crippen LogP contribution < -0.4 is 10.9 Å². The number of hydrogen-bond acceptors (Lipinski definition) is 4. The van der Waals surface area contributed by atoms with Gasteiger partial charge in [0.25, 0.3) is 11.5 Å². The summed E-state index contributed by atoms with van der Waals surface area (Å²) in [5.41, 5.74) is -0.125. The number of carbonyl (C=O) groups excluding carboxylic acids is 1. The van der Waals surface area contributed by atoms with Crippen LogP contribution in [0.2, 0.25) is 0 Å². The molecule has 19 heavy (non-hydrogen) atoms. The van der Waals surface area contributed by atoms with Crippen LogP contribution in [-0.4, -0.2) is 34.4 Å². The number of H-pyrrole nitrogens is 1. The zero-order chi connectivity index (χ0) is 13.7. The van der Waals surface area contributed by atoms with Crippen LogP contribution in [0.25, 0.3) is 0 Å². The van der Waals surface area contributed by atoms with Gasteiger partial charge in [0, 0.05) is 19.2 Å². The normalized spacial score (nSPS) is 23.0. The van der Waals surface area contributed by atoms with Crippen LogP contribution in [0.5, 0.6) is 0 Å². The van der Waals surface area contributed by atoms with Crippen LogP contribution in [-0.2, 0) is 0 Å². The van der Waals surface area contributed by atoms with Crippen LogP contribution in [0.15, 0.2) is 16.9 Å². The predicted molar refractivity (Wildman–Crippen MR) is 69.7 cm³/mol. The van der Waals surface area contributed by atoms with Gasteiger partial charge in [-0.15, -0.1) is 0 Å². The van der Waals surface area contributed by atoms with E-state index in [1.807, 2.05) is 0 Å². The van der Waals surface area contributed by atoms with E-state index >= 15 is 0 Å². The molecule has 0 spiro atoms. The third kappa shape index (κ3) is 3.64. The maximum Gasteiger partial charge on any atom is 0.271 e. The minimum atomic E-state index is -0.329. The Labute approximate surface area is 111 Å². The second kappa shape index (κ2) is 6.47. The highest BCUT2D eigenvalue weighted by molar-refractivity contribution is 5.91. The Balaban J connectivity index is 1.89. The molecule has 0 aliphatic heterocycles. The number of hydrogen-bond donors (Lipinski definition) is 3. The molecule has 1 fully saturated rings. The van der Waals surface area contributed by atoms with Gasteiger partial charge in [-0.3, -0.25) is 9.59 Å². The molecule has 2 rings (SSSR count). The quantitative estimate of drug-likeness (QED) is 0.729. The van der Waals surface area contributed by atoms with Gasteiger partial charge in [0.05, 0.1) is 0 Å². The van der Waals surface area contributed by atoms with Crippen molar-refractivity contribution in [1.82, 2.24) is 15.5 Å². The predicted octanol–water partition coefficient (Wildman–Crippen LogP) is 0.298. The molecular weight excluding hydrogens is 246 g/mol. The summed E-state index contributed by atoms with van der Waals surface area (Å²) in [5.74, 6) is 0.307. The average molecular weight is 265 g/mol. The fourth-order valence-corrected chi connectivity index (χ4v) is 2.58. The van der Waals surface area contributed by atoms with Gasteiger partial charge in [-0.25, -0.2) is 5.10 Å². The first kappa shape index (κ1) is 13.7. The van der Waals surface area contributed by atoms with Crippen LogP contribution in [0, 0.1) is 11.8 Å². The van der Waals surface area contributed by atoms with E-state index < -0.39 is 0 Å². The fraction of sp³-hybridized carbons (Fsp3) is 0.615. The molecule has 0 aromatic carbocycles. The Morgan fingerprint density at radius 2 is 2.11 bits per heavy atom. The van der Waals surface area contributed by atoms with Gasteiger partial charge in [0.15, 0.2) is 0 Å². The van der Waals surface area contributed by atoms with Gasteiger partial charge in [-0.2, -0.15) is 5.10 Å². The summed E-state index contributed by atoms with van der Waals surface area (Å²) in [4.78, 5) is 22.7. The molecule has 0 saturated heterocycles. The summed E-state index contributed by atoms with van der Waals surface area (Å²) in [5, 5.41) is 18.0. The summed E-state index contributed by atoms with van der Waals surface area (Å²) < 4.78 is 0. The number of amides is 1. The van der Waals surface area contributed by atoms with E-state index in [0.717, 1.165) is 25.7 Å². The molecule has 1 saturated carbocycles. The van der Waals surface area contributed by atoms with E-state index in [9.17, 15) is 14.7 Å². The van der Waals surface area contributed by atoms with Crippen molar-refractivity contribution < 1.29 is 9.90 Å². The number of aromatic nitrogens is 2. The Morgan fingerprint density at radius 3 is 2.74 bits per heavy atom. The third-order valence-corrected chi connectivity index (χ3v) is 3.74. The van der Waals surface area contributed by atoms with Gasteiger partial charge >= 0.3 is 0 Å². The molecule has 3 N–H and O–H groups in total. The number of nitrogens with one attached hydrogen (secondary N) is 2. The maximum atomic E-state index is 11.8. The SMILES string of the molecule is O=C(NCC1CCCCC1CO)c1ccc(=O)[nH]n1. The molecular formula is C13H19N3O3. The van der Waals surface area contributed by atoms with Gasteiger partial charge < -0.3 is 10.4 Å². The van der Waals surface area contributed by atoms with Crippen molar-refractivity contribution >= 4 is 5.91 Å². The second-order valence-electron chi connectivity index (χ2n) is 5.00. The van der Waals surface area contributed by atoms with E-state index in [1.165, 1.54) is 12.1 Å². The maximum absolute atomic E-state index is 11.8. The third-order valence-electron chi connectivity index (χ3n) is 3.74. The van der Waals surface area contributed by atoms with Crippen LogP contribution >= 0.6 is 0 Å². The monoisotopic (exact) mass is 265 g/mol. The van der Waals surface area contributed by atoms with Crippen molar-refractivity contribution in [1.29, 1.82) is 0 Å². The van der Waals surface area contributed by atoms with Gasteiger partial charge in [-0.1, -0.05) is 12.8 Å². The lowest BCUT2D eigenvalue weighted by molar-refractivity contribution is 0.0903. The lowest BCUT2D eigenvalue weighted by atomic mass is 9.79. The highest BCUT2D eigenvalue weighted by Crippen LogP contribution is 2.29. The van der Waals surface area contributed by atoms with Crippen molar-refractivity contribution in [2.24, 2.45) is 11.8 Å². The molecule has 1 aliphatic carbocycles. The molecule has 1 amide bonds. The Morgan fingerprint density at radius 1 is 1.37 bits per heavy atom. The topological polar surface area (TPSA) is 95.1 Å². The molecule has 2 unspecified atom stereocenters. The number of aliphatic hydroxyl groups excluding tert-OH is 1. The second-order valence-corrected chi connectivity index (χ2v) is 5.00. The minimum absolute atomic E-state index is 0.178. The Hall–Kier alpha value is -1.69. The summed E-state index contributed by atoms with van der Waals surface area (Å²) in [6.07, 6.45) is 4.35. The van der Waals surface area contributed by atoms with E-state index in [1.54, 1.807) is 0 Å². The molecule has 1 aromatic heterocycles. The van der Waals surface area contributed by atoms with Crippen molar-refractivity contribution in [3.05, 3.63) is 28.2 Å². The lowest BCUT2D eigenvalue weighted by Crippen LogP contribution is -2.36. The smallest absolute Gasteiger partial charge is 0.271 e. The van der Waals surface area contributed by atoms with Crippen LogP contribution in [0.3, 0.4) is 0 Å². The van der Waals surface area contributed by atoms with Gasteiger partial charge in [0.2, 0.25) is 0 Å². The molecule has 2 atom stereocenters. The number of aromatic amines is 1. The Bertz CT molecular complexity index is 466. The Kier molecular flexibility index (Phi) is 4.68. The van der Waals surface area contributed by atoms with Gasteiger partial charge in [0.1, 0.15) is 5.69 Å². The molecule has 6 heteroatoms. The zero-order valence-corrected chi connectivity index (χ0v) is 10.8. The molecule has 104 valence electrons. The first-order chi connectivity index (χ1) is 9.20. The number of aliphatic hydroxyl groups is 1. The summed E-state index contributed by atoms with van der Waals surface area (Å²) in [6.45, 7) is 0.725. The largest absolute Gasteiger partial charge is 0.396 e. The number of nitrogens with zero attached hydrogens (tertiary/aromatic N) is 1. The van der Waals surface area contributed by atoms with Crippen molar-refractivity contribution in [3.63, 3.8) is 0 Å². The highest BCUT2D eigenvalue weighted by Gasteiger charge is 2.24. The summed E-state index contributed by atoms with van der Waals surface area (Å²) in [7, 11) is 0. The van der Waals surface area contributed by atoms with Gasteiger partial charge in [-0.05, 0) is 30.7 Å². The van der Waals surface area contributed by atoms with E-state index in [4.69, 9.17) is 0 Å². The molecule has 1 aromatic rings. The standard InChI is InChI=1S/C13H19N3O3/c17-8-10-4-2-1-3-9(10)7-14-13(19)11-5-6-12(18)16-15-11/h5-6,9-10,17H,1-4,7-8H2,(H,14,19)(H,16,18). The first-order valence-corrected chi connectivity index (χ1v) is 6.65. The molecule has 1 aliphatic rings. The zero-order valence-electron chi connectivity index (χ0n) is 10.8. The summed E-state index contributed by atoms with van der Waals surface area (Å²) >= 11 is 0. The van der Waals surface area contributed by atoms with Crippen LogP contribution in [0.1, 0.15) is 36.2 Å². The van der Waals surface area contributed by atoms with Crippen LogP contribution in [0.4, 0.5) is 0 Å². The average Bonchev–Trinajstić information content (AvgIpc) is 2.45. The molecule has 1 heterocycles. The van der Waals surface area contributed by atoms with E-state index in [2.05, 4.69) is 15.5 Å². The minimum Gasteiger partial charge on any atom is -0.396 e. The molecule has 6 nitrogen and oxygen atoms in total. The lowest BCUT2D eigenvalue weighted by Gasteiger charge is -2.30. The fourth-order valence-electron chi connectivity index (χ4n) is 2.58. The molecule has 0 radical (unpaired) electrons. The first-order valence-electron chi connectivity index (χ1n) is 6.65. The number of rotatable bonds is 4. The van der Waals surface area contributed by atoms with Crippen molar-refractivity contribution in [2.75, 3.05) is 13.2 Å².